The molecule has 0 unspecified atom stereocenters. The van der Waals surface area contributed by atoms with Crippen LogP contribution >= 0.6 is 15.9 Å². The molecule has 0 saturated heterocycles. The van der Waals surface area contributed by atoms with Crippen molar-refractivity contribution in [1.29, 1.82) is 0 Å². The van der Waals surface area contributed by atoms with Crippen LogP contribution in [-0.2, 0) is 0 Å². The van der Waals surface area contributed by atoms with E-state index >= 15 is 0 Å². The molecule has 0 atom stereocenters. The zero-order chi connectivity index (χ0) is 10.3. The molecule has 0 amide bonds. The van der Waals surface area contributed by atoms with Crippen LogP contribution in [0.25, 0.3) is 10.9 Å². The Morgan fingerprint density at radius 3 is 2.79 bits per heavy atom. The summed E-state index contributed by atoms with van der Waals surface area (Å²) in [4.78, 5) is 13.4. The molecule has 0 fully saturated rings. The minimum absolute atomic E-state index is 0.0211. The number of fused-ring (bicyclic) bond motifs is 1. The third-order valence-corrected chi connectivity index (χ3v) is 2.29. The smallest absolute Gasteiger partial charge is 0.252 e. The van der Waals surface area contributed by atoms with Crippen molar-refractivity contribution in [3.63, 3.8) is 0 Å². The Hall–Kier alpha value is -1.36. The molecule has 1 aromatic heterocycles. The van der Waals surface area contributed by atoms with Crippen LogP contribution in [0.4, 0.5) is 4.39 Å². The maximum Gasteiger partial charge on any atom is 0.252 e. The zero-order valence-corrected chi connectivity index (χ0v) is 8.43. The molecule has 1 aromatic carbocycles. The van der Waals surface area contributed by atoms with E-state index in [4.69, 9.17) is 0 Å². The molecule has 0 aliphatic carbocycles. The predicted octanol–water partition coefficient (Wildman–Crippen LogP) is 2.14. The molecule has 0 spiro atoms. The molecule has 14 heavy (non-hydrogen) atoms. The highest BCUT2D eigenvalue weighted by molar-refractivity contribution is 9.10. The SMILES string of the molecule is O=c1cc(O)c2c(F)cc(Br)cc2[nH]1. The summed E-state index contributed by atoms with van der Waals surface area (Å²) in [5, 5.41) is 9.37. The van der Waals surface area contributed by atoms with Crippen LogP contribution in [0.2, 0.25) is 0 Å². The van der Waals surface area contributed by atoms with Gasteiger partial charge in [-0.25, -0.2) is 4.39 Å². The van der Waals surface area contributed by atoms with E-state index in [1.165, 1.54) is 12.1 Å². The minimum atomic E-state index is -0.580. The van der Waals surface area contributed by atoms with Crippen molar-refractivity contribution in [3.8, 4) is 5.75 Å². The highest BCUT2D eigenvalue weighted by Crippen LogP contribution is 2.27. The average molecular weight is 258 g/mol. The molecule has 2 rings (SSSR count). The lowest BCUT2D eigenvalue weighted by atomic mass is 10.2. The van der Waals surface area contributed by atoms with Crippen molar-refractivity contribution in [2.45, 2.75) is 0 Å². The molecule has 0 aliphatic heterocycles. The summed E-state index contributed by atoms with van der Waals surface area (Å²) in [7, 11) is 0. The van der Waals surface area contributed by atoms with Gasteiger partial charge in [0, 0.05) is 10.5 Å². The van der Waals surface area contributed by atoms with Crippen molar-refractivity contribution in [3.05, 3.63) is 38.8 Å². The number of nitrogens with one attached hydrogen (secondary N) is 1. The van der Waals surface area contributed by atoms with E-state index in [1.807, 2.05) is 0 Å². The van der Waals surface area contributed by atoms with E-state index in [1.54, 1.807) is 0 Å². The van der Waals surface area contributed by atoms with Gasteiger partial charge in [0.25, 0.3) is 5.56 Å². The summed E-state index contributed by atoms with van der Waals surface area (Å²) in [6.07, 6.45) is 0. The van der Waals surface area contributed by atoms with Gasteiger partial charge in [-0.15, -0.1) is 0 Å². The topological polar surface area (TPSA) is 53.1 Å². The van der Waals surface area contributed by atoms with Gasteiger partial charge in [0.05, 0.1) is 10.9 Å². The standard InChI is InChI=1S/C9H5BrFNO2/c10-4-1-5(11)9-6(2-4)12-8(14)3-7(9)13/h1-3H,(H2,12,13,14). The Bertz CT molecular complexity index is 564. The highest BCUT2D eigenvalue weighted by Gasteiger charge is 2.08. The van der Waals surface area contributed by atoms with Crippen LogP contribution < -0.4 is 5.56 Å². The Labute approximate surface area is 86.3 Å². The van der Waals surface area contributed by atoms with Gasteiger partial charge in [0.15, 0.2) is 0 Å². The number of hydrogen-bond donors (Lipinski definition) is 2. The van der Waals surface area contributed by atoms with E-state index in [-0.39, 0.29) is 16.7 Å². The van der Waals surface area contributed by atoms with Crippen LogP contribution in [0, 0.1) is 5.82 Å². The second-order valence-electron chi connectivity index (χ2n) is 2.83. The normalized spacial score (nSPS) is 10.7. The maximum absolute atomic E-state index is 13.3. The third kappa shape index (κ3) is 1.39. The fourth-order valence-electron chi connectivity index (χ4n) is 1.30. The highest BCUT2D eigenvalue weighted by atomic mass is 79.9. The number of aromatic hydroxyl groups is 1. The van der Waals surface area contributed by atoms with Crippen LogP contribution in [-0.4, -0.2) is 10.1 Å². The number of benzene rings is 1. The van der Waals surface area contributed by atoms with E-state index in [0.717, 1.165) is 6.07 Å². The first-order valence-electron chi connectivity index (χ1n) is 3.79. The van der Waals surface area contributed by atoms with Gasteiger partial charge >= 0.3 is 0 Å². The number of pyridine rings is 1. The molecule has 2 N–H and O–H groups in total. The molecular formula is C9H5BrFNO2. The Morgan fingerprint density at radius 2 is 2.07 bits per heavy atom. The van der Waals surface area contributed by atoms with Crippen LogP contribution in [0.1, 0.15) is 0 Å². The van der Waals surface area contributed by atoms with Crippen LogP contribution in [0.15, 0.2) is 27.5 Å². The number of H-pyrrole nitrogens is 1. The molecule has 3 nitrogen and oxygen atoms in total. The lowest BCUT2D eigenvalue weighted by molar-refractivity contribution is 0.477. The van der Waals surface area contributed by atoms with E-state index < -0.39 is 11.4 Å². The lowest BCUT2D eigenvalue weighted by Crippen LogP contribution is -2.03. The minimum Gasteiger partial charge on any atom is -0.507 e. The first kappa shape index (κ1) is 9.21. The predicted molar refractivity (Wildman–Crippen MR) is 53.9 cm³/mol. The fraction of sp³-hybridized carbons (Fsp3) is 0. The summed E-state index contributed by atoms with van der Waals surface area (Å²) < 4.78 is 13.8. The van der Waals surface area contributed by atoms with E-state index in [9.17, 15) is 14.3 Å². The molecule has 2 aromatic rings. The molecule has 0 radical (unpaired) electrons. The zero-order valence-electron chi connectivity index (χ0n) is 6.84. The van der Waals surface area contributed by atoms with Crippen LogP contribution in [0.3, 0.4) is 0 Å². The summed E-state index contributed by atoms with van der Waals surface area (Å²) in [5.41, 5.74) is -0.200. The molecule has 72 valence electrons. The van der Waals surface area contributed by atoms with Gasteiger partial charge in [0.1, 0.15) is 11.6 Å². The molecular weight excluding hydrogens is 253 g/mol. The monoisotopic (exact) mass is 257 g/mol. The quantitative estimate of drug-likeness (QED) is 0.760. The van der Waals surface area contributed by atoms with Crippen molar-refractivity contribution >= 4 is 26.8 Å². The largest absolute Gasteiger partial charge is 0.507 e. The summed E-state index contributed by atoms with van der Waals surface area (Å²) >= 11 is 3.09. The molecule has 0 aliphatic rings. The number of aromatic nitrogens is 1. The summed E-state index contributed by atoms with van der Waals surface area (Å²) in [5.74, 6) is -0.933. The van der Waals surface area contributed by atoms with Gasteiger partial charge in [0.2, 0.25) is 0 Å². The maximum atomic E-state index is 13.3. The Kier molecular flexibility index (Phi) is 2.03. The Morgan fingerprint density at radius 1 is 1.36 bits per heavy atom. The lowest BCUT2D eigenvalue weighted by Gasteiger charge is -2.02. The van der Waals surface area contributed by atoms with Crippen LogP contribution in [0.5, 0.6) is 5.75 Å². The fourth-order valence-corrected chi connectivity index (χ4v) is 1.73. The number of rotatable bonds is 0. The van der Waals surface area contributed by atoms with Gasteiger partial charge in [-0.2, -0.15) is 0 Å². The third-order valence-electron chi connectivity index (χ3n) is 1.84. The first-order chi connectivity index (χ1) is 6.58. The number of aromatic amines is 1. The van der Waals surface area contributed by atoms with Crippen molar-refractivity contribution in [2.24, 2.45) is 0 Å². The van der Waals surface area contributed by atoms with Crippen molar-refractivity contribution in [2.75, 3.05) is 0 Å². The van der Waals surface area contributed by atoms with Gasteiger partial charge in [-0.1, -0.05) is 15.9 Å². The van der Waals surface area contributed by atoms with E-state index in [2.05, 4.69) is 20.9 Å². The molecule has 0 saturated carbocycles. The molecule has 5 heteroatoms. The number of halogens is 2. The van der Waals surface area contributed by atoms with E-state index in [0.29, 0.717) is 4.47 Å². The van der Waals surface area contributed by atoms with Gasteiger partial charge < -0.3 is 10.1 Å². The van der Waals surface area contributed by atoms with Crippen molar-refractivity contribution in [1.82, 2.24) is 4.98 Å². The second-order valence-corrected chi connectivity index (χ2v) is 3.74. The Balaban J connectivity index is 3.01. The molecule has 0 bridgehead atoms. The van der Waals surface area contributed by atoms with Gasteiger partial charge in [-0.05, 0) is 12.1 Å². The number of hydrogen-bond acceptors (Lipinski definition) is 2. The van der Waals surface area contributed by atoms with Crippen molar-refractivity contribution < 1.29 is 9.50 Å². The van der Waals surface area contributed by atoms with Gasteiger partial charge in [-0.3, -0.25) is 4.79 Å². The first-order valence-corrected chi connectivity index (χ1v) is 4.58. The average Bonchev–Trinajstić information content (AvgIpc) is 1.99. The summed E-state index contributed by atoms with van der Waals surface area (Å²) in [6, 6.07) is 3.69. The summed E-state index contributed by atoms with van der Waals surface area (Å²) in [6.45, 7) is 0. The molecule has 1 heterocycles. The second kappa shape index (κ2) is 3.09.